The van der Waals surface area contributed by atoms with Crippen molar-refractivity contribution in [3.05, 3.63) is 59.8 Å². The highest BCUT2D eigenvalue weighted by atomic mass is 32.2. The molecule has 0 unspecified atom stereocenters. The molecule has 9 heteroatoms. The van der Waals surface area contributed by atoms with E-state index in [1.165, 1.54) is 28.9 Å². The van der Waals surface area contributed by atoms with Gasteiger partial charge in [0.15, 0.2) is 9.84 Å². The van der Waals surface area contributed by atoms with E-state index in [2.05, 4.69) is 5.10 Å². The van der Waals surface area contributed by atoms with Crippen molar-refractivity contribution in [1.82, 2.24) is 9.78 Å². The zero-order valence-electron chi connectivity index (χ0n) is 16.2. The maximum absolute atomic E-state index is 13.3. The summed E-state index contributed by atoms with van der Waals surface area (Å²) in [6, 6.07) is 12.9. The zero-order chi connectivity index (χ0) is 21.3. The quantitative estimate of drug-likeness (QED) is 0.660. The molecule has 2 aromatic carbocycles. The van der Waals surface area contributed by atoms with Crippen LogP contribution in [0.5, 0.6) is 0 Å². The molecular formula is C20H21F2N3O3S. The first kappa shape index (κ1) is 20.9. The van der Waals surface area contributed by atoms with E-state index in [0.717, 1.165) is 11.9 Å². The van der Waals surface area contributed by atoms with Crippen LogP contribution < -0.4 is 4.90 Å². The highest BCUT2D eigenvalue weighted by Crippen LogP contribution is 2.30. The molecule has 1 N–H and O–H groups in total. The highest BCUT2D eigenvalue weighted by molar-refractivity contribution is 7.90. The van der Waals surface area contributed by atoms with Gasteiger partial charge in [-0.25, -0.2) is 21.9 Å². The van der Waals surface area contributed by atoms with Gasteiger partial charge in [-0.3, -0.25) is 0 Å². The fourth-order valence-corrected chi connectivity index (χ4v) is 3.94. The van der Waals surface area contributed by atoms with Crippen LogP contribution in [-0.2, 0) is 16.4 Å². The average Bonchev–Trinajstić information content (AvgIpc) is 3.12. The first-order valence-corrected chi connectivity index (χ1v) is 10.6. The molecule has 0 saturated carbocycles. The molecular weight excluding hydrogens is 400 g/mol. The minimum absolute atomic E-state index is 0.0122. The van der Waals surface area contributed by atoms with Gasteiger partial charge in [0.25, 0.3) is 6.43 Å². The van der Waals surface area contributed by atoms with Gasteiger partial charge in [-0.2, -0.15) is 5.10 Å². The lowest BCUT2D eigenvalue weighted by molar-refractivity contribution is 0.145. The van der Waals surface area contributed by atoms with E-state index < -0.39 is 28.6 Å². The average molecular weight is 421 g/mol. The van der Waals surface area contributed by atoms with Gasteiger partial charge in [0, 0.05) is 31.6 Å². The SMILES string of the molecule is CN(C)c1ccc(-c2cc(C(F)F)nn2-c2ccc(S(C)(=O)=O)c(CO)c2)cc1. The van der Waals surface area contributed by atoms with Gasteiger partial charge in [0.1, 0.15) is 5.69 Å². The monoisotopic (exact) mass is 421 g/mol. The summed E-state index contributed by atoms with van der Waals surface area (Å²) in [6.45, 7) is -0.508. The van der Waals surface area contributed by atoms with Crippen molar-refractivity contribution in [2.24, 2.45) is 0 Å². The Morgan fingerprint density at radius 3 is 2.28 bits per heavy atom. The number of aliphatic hydroxyl groups excluding tert-OH is 1. The summed E-state index contributed by atoms with van der Waals surface area (Å²) in [6.07, 6.45) is -1.72. The molecule has 0 spiro atoms. The lowest BCUT2D eigenvalue weighted by atomic mass is 10.1. The summed E-state index contributed by atoms with van der Waals surface area (Å²) in [4.78, 5) is 1.91. The topological polar surface area (TPSA) is 75.4 Å². The fraction of sp³-hybridized carbons (Fsp3) is 0.250. The molecule has 0 saturated heterocycles. The summed E-state index contributed by atoms with van der Waals surface area (Å²) in [5.41, 5.74) is 2.21. The van der Waals surface area contributed by atoms with Crippen LogP contribution >= 0.6 is 0 Å². The molecule has 3 rings (SSSR count). The predicted octanol–water partition coefficient (Wildman–Crippen LogP) is 3.44. The largest absolute Gasteiger partial charge is 0.392 e. The first-order chi connectivity index (χ1) is 13.6. The Morgan fingerprint density at radius 2 is 1.76 bits per heavy atom. The standard InChI is InChI=1S/C20H21F2N3O3S/c1-24(2)15-6-4-13(5-7-15)18-11-17(20(21)22)23-25(18)16-8-9-19(29(3,27)28)14(10-16)12-26/h4-11,20,26H,12H2,1-3H3. The fourth-order valence-electron chi connectivity index (χ4n) is 3.02. The molecule has 3 aromatic rings. The lowest BCUT2D eigenvalue weighted by Gasteiger charge is -2.14. The molecule has 0 bridgehead atoms. The van der Waals surface area contributed by atoms with Crippen LogP contribution in [0.15, 0.2) is 53.4 Å². The smallest absolute Gasteiger partial charge is 0.282 e. The normalized spacial score (nSPS) is 11.8. The van der Waals surface area contributed by atoms with Gasteiger partial charge < -0.3 is 10.0 Å². The van der Waals surface area contributed by atoms with Gasteiger partial charge in [0.05, 0.1) is 22.9 Å². The van der Waals surface area contributed by atoms with Gasteiger partial charge in [0.2, 0.25) is 0 Å². The Labute approximate surface area is 167 Å². The molecule has 0 aliphatic carbocycles. The lowest BCUT2D eigenvalue weighted by Crippen LogP contribution is -2.08. The van der Waals surface area contributed by atoms with Crippen LogP contribution in [-0.4, -0.2) is 43.7 Å². The number of rotatable bonds is 6. The molecule has 0 amide bonds. The number of sulfone groups is 1. The summed E-state index contributed by atoms with van der Waals surface area (Å²) in [5, 5.41) is 13.6. The maximum Gasteiger partial charge on any atom is 0.282 e. The molecule has 0 aliphatic rings. The van der Waals surface area contributed by atoms with Gasteiger partial charge in [-0.05, 0) is 42.0 Å². The number of nitrogens with zero attached hydrogens (tertiary/aromatic N) is 3. The van der Waals surface area contributed by atoms with E-state index in [-0.39, 0.29) is 10.5 Å². The van der Waals surface area contributed by atoms with E-state index in [1.54, 1.807) is 12.1 Å². The van der Waals surface area contributed by atoms with Crippen molar-refractivity contribution < 1.29 is 22.3 Å². The van der Waals surface area contributed by atoms with E-state index in [0.29, 0.717) is 16.9 Å². The second-order valence-corrected chi connectivity index (χ2v) is 8.81. The number of anilines is 1. The van der Waals surface area contributed by atoms with Gasteiger partial charge in [-0.15, -0.1) is 0 Å². The second kappa shape index (κ2) is 7.92. The van der Waals surface area contributed by atoms with Crippen LogP contribution in [0.1, 0.15) is 17.7 Å². The predicted molar refractivity (Wildman–Crippen MR) is 107 cm³/mol. The number of aromatic nitrogens is 2. The van der Waals surface area contributed by atoms with E-state index >= 15 is 0 Å². The molecule has 1 aromatic heterocycles. The molecule has 0 fully saturated rings. The summed E-state index contributed by atoms with van der Waals surface area (Å²) in [7, 11) is 0.251. The highest BCUT2D eigenvalue weighted by Gasteiger charge is 2.20. The zero-order valence-corrected chi connectivity index (χ0v) is 17.0. The molecule has 0 aliphatic heterocycles. The number of alkyl halides is 2. The van der Waals surface area contributed by atoms with Crippen LogP contribution in [0.3, 0.4) is 0 Å². The Balaban J connectivity index is 2.17. The molecule has 29 heavy (non-hydrogen) atoms. The Morgan fingerprint density at radius 1 is 1.10 bits per heavy atom. The minimum atomic E-state index is -3.54. The van der Waals surface area contributed by atoms with E-state index in [9.17, 15) is 22.3 Å². The number of halogens is 2. The van der Waals surface area contributed by atoms with E-state index in [1.807, 2.05) is 31.1 Å². The summed E-state index contributed by atoms with van der Waals surface area (Å²) in [5.74, 6) is 0. The van der Waals surface area contributed by atoms with Crippen molar-refractivity contribution in [2.45, 2.75) is 17.9 Å². The Bertz CT molecular complexity index is 1120. The summed E-state index contributed by atoms with van der Waals surface area (Å²) < 4.78 is 51.8. The molecule has 1 heterocycles. The van der Waals surface area contributed by atoms with Gasteiger partial charge in [-0.1, -0.05) is 12.1 Å². The molecule has 154 valence electrons. The molecule has 6 nitrogen and oxygen atoms in total. The number of hydrogen-bond donors (Lipinski definition) is 1. The van der Waals surface area contributed by atoms with Crippen molar-refractivity contribution in [3.8, 4) is 16.9 Å². The van der Waals surface area contributed by atoms with Crippen molar-refractivity contribution >= 4 is 15.5 Å². The van der Waals surface area contributed by atoms with Crippen LogP contribution in [0.25, 0.3) is 16.9 Å². The minimum Gasteiger partial charge on any atom is -0.392 e. The summed E-state index contributed by atoms with van der Waals surface area (Å²) >= 11 is 0. The van der Waals surface area contributed by atoms with Gasteiger partial charge >= 0.3 is 0 Å². The Kier molecular flexibility index (Phi) is 5.72. The third kappa shape index (κ3) is 4.30. The van der Waals surface area contributed by atoms with Crippen LogP contribution in [0.2, 0.25) is 0 Å². The van der Waals surface area contributed by atoms with Crippen LogP contribution in [0, 0.1) is 0 Å². The first-order valence-electron chi connectivity index (χ1n) is 8.72. The molecule has 0 atom stereocenters. The third-order valence-electron chi connectivity index (χ3n) is 4.49. The number of hydrogen-bond acceptors (Lipinski definition) is 5. The van der Waals surface area contributed by atoms with Crippen molar-refractivity contribution in [1.29, 1.82) is 0 Å². The second-order valence-electron chi connectivity index (χ2n) is 6.83. The Hall–Kier alpha value is -2.78. The van der Waals surface area contributed by atoms with Crippen molar-refractivity contribution in [3.63, 3.8) is 0 Å². The molecule has 0 radical (unpaired) electrons. The van der Waals surface area contributed by atoms with E-state index in [4.69, 9.17) is 0 Å². The third-order valence-corrected chi connectivity index (χ3v) is 5.69. The van der Waals surface area contributed by atoms with Crippen molar-refractivity contribution in [2.75, 3.05) is 25.3 Å². The number of aliphatic hydroxyl groups is 1. The van der Waals surface area contributed by atoms with Crippen LogP contribution in [0.4, 0.5) is 14.5 Å². The maximum atomic E-state index is 13.3. The number of benzene rings is 2.